The van der Waals surface area contributed by atoms with Crippen molar-refractivity contribution in [2.24, 2.45) is 5.92 Å². The number of pyridine rings is 1. The quantitative estimate of drug-likeness (QED) is 0.925. The van der Waals surface area contributed by atoms with Crippen LogP contribution in [-0.2, 0) is 0 Å². The van der Waals surface area contributed by atoms with E-state index in [1.807, 2.05) is 31.2 Å². The first-order chi connectivity index (χ1) is 9.83. The van der Waals surface area contributed by atoms with Gasteiger partial charge in [-0.1, -0.05) is 36.4 Å². The molecule has 2 aromatic rings. The van der Waals surface area contributed by atoms with Crippen molar-refractivity contribution in [3.8, 4) is 5.88 Å². The molecular formula is C17H20N2O. The lowest BCUT2D eigenvalue weighted by atomic mass is 9.95. The molecule has 2 atom stereocenters. The average Bonchev–Trinajstić information content (AvgIpc) is 3.00. The fourth-order valence-corrected chi connectivity index (χ4v) is 2.73. The number of hydrogen-bond donors (Lipinski definition) is 1. The minimum Gasteiger partial charge on any atom is -0.469 e. The molecule has 3 rings (SSSR count). The van der Waals surface area contributed by atoms with Gasteiger partial charge in [0.1, 0.15) is 6.10 Å². The zero-order valence-corrected chi connectivity index (χ0v) is 11.8. The molecule has 0 amide bonds. The molecular weight excluding hydrogens is 248 g/mol. The molecule has 1 saturated heterocycles. The molecule has 0 saturated carbocycles. The smallest absolute Gasteiger partial charge is 0.214 e. The summed E-state index contributed by atoms with van der Waals surface area (Å²) in [5, 5.41) is 3.42. The fraction of sp³-hybridized carbons (Fsp3) is 0.353. The highest BCUT2D eigenvalue weighted by Gasteiger charge is 2.28. The van der Waals surface area contributed by atoms with Crippen LogP contribution in [0.25, 0.3) is 0 Å². The molecule has 0 spiro atoms. The van der Waals surface area contributed by atoms with E-state index < -0.39 is 0 Å². The summed E-state index contributed by atoms with van der Waals surface area (Å²) in [4.78, 5) is 4.47. The lowest BCUT2D eigenvalue weighted by molar-refractivity contribution is 0.138. The highest BCUT2D eigenvalue weighted by atomic mass is 16.5. The molecule has 1 N–H and O–H groups in total. The highest BCUT2D eigenvalue weighted by Crippen LogP contribution is 2.31. The summed E-state index contributed by atoms with van der Waals surface area (Å²) in [6, 6.07) is 16.4. The molecule has 1 aliphatic heterocycles. The van der Waals surface area contributed by atoms with Gasteiger partial charge in [0.25, 0.3) is 0 Å². The maximum Gasteiger partial charge on any atom is 0.214 e. The Morgan fingerprint density at radius 1 is 1.15 bits per heavy atom. The van der Waals surface area contributed by atoms with Crippen LogP contribution in [0, 0.1) is 12.8 Å². The van der Waals surface area contributed by atoms with Crippen molar-refractivity contribution in [2.45, 2.75) is 19.4 Å². The Balaban J connectivity index is 1.85. The summed E-state index contributed by atoms with van der Waals surface area (Å²) in [7, 11) is 0. The van der Waals surface area contributed by atoms with Crippen molar-refractivity contribution in [1.29, 1.82) is 0 Å². The Labute approximate surface area is 120 Å². The molecule has 0 aliphatic carbocycles. The average molecular weight is 268 g/mol. The summed E-state index contributed by atoms with van der Waals surface area (Å²) in [5.74, 6) is 1.21. The van der Waals surface area contributed by atoms with Crippen LogP contribution in [0.5, 0.6) is 5.88 Å². The number of ether oxygens (including phenoxy) is 1. The van der Waals surface area contributed by atoms with Crippen molar-refractivity contribution >= 4 is 0 Å². The second kappa shape index (κ2) is 6.06. The third-order valence-electron chi connectivity index (χ3n) is 3.77. The minimum absolute atomic E-state index is 0.0699. The van der Waals surface area contributed by atoms with Crippen LogP contribution in [0.4, 0.5) is 0 Å². The summed E-state index contributed by atoms with van der Waals surface area (Å²) < 4.78 is 6.21. The number of rotatable bonds is 4. The van der Waals surface area contributed by atoms with E-state index in [-0.39, 0.29) is 6.10 Å². The largest absolute Gasteiger partial charge is 0.469 e. The maximum atomic E-state index is 6.21. The maximum absolute atomic E-state index is 6.21. The lowest BCUT2D eigenvalue weighted by Crippen LogP contribution is -2.21. The van der Waals surface area contributed by atoms with Gasteiger partial charge in [-0.3, -0.25) is 0 Å². The van der Waals surface area contributed by atoms with Crippen LogP contribution >= 0.6 is 0 Å². The number of hydrogen-bond acceptors (Lipinski definition) is 3. The predicted molar refractivity (Wildman–Crippen MR) is 79.8 cm³/mol. The van der Waals surface area contributed by atoms with Crippen molar-refractivity contribution < 1.29 is 4.74 Å². The summed E-state index contributed by atoms with van der Waals surface area (Å²) >= 11 is 0. The Hall–Kier alpha value is -1.87. The highest BCUT2D eigenvalue weighted by molar-refractivity contribution is 5.22. The molecule has 1 aliphatic rings. The summed E-state index contributed by atoms with van der Waals surface area (Å²) in [6.07, 6.45) is 1.21. The van der Waals surface area contributed by atoms with Crippen LogP contribution in [0.15, 0.2) is 48.5 Å². The molecule has 0 bridgehead atoms. The molecule has 1 fully saturated rings. The number of nitrogens with zero attached hydrogens (tertiary/aromatic N) is 1. The molecule has 1 aromatic carbocycles. The third kappa shape index (κ3) is 2.99. The normalized spacial score (nSPS) is 19.8. The van der Waals surface area contributed by atoms with Gasteiger partial charge in [-0.25, -0.2) is 4.98 Å². The van der Waals surface area contributed by atoms with Gasteiger partial charge in [-0.05, 0) is 31.5 Å². The third-order valence-corrected chi connectivity index (χ3v) is 3.77. The Bertz CT molecular complexity index is 550. The molecule has 1 aromatic heterocycles. The first-order valence-electron chi connectivity index (χ1n) is 7.19. The number of aryl methyl sites for hydroxylation is 1. The van der Waals surface area contributed by atoms with Crippen LogP contribution in [0.1, 0.15) is 23.8 Å². The lowest BCUT2D eigenvalue weighted by Gasteiger charge is -2.24. The zero-order valence-electron chi connectivity index (χ0n) is 11.8. The van der Waals surface area contributed by atoms with Gasteiger partial charge >= 0.3 is 0 Å². The second-order valence-electron chi connectivity index (χ2n) is 5.32. The van der Waals surface area contributed by atoms with Crippen LogP contribution in [0.2, 0.25) is 0 Å². The summed E-state index contributed by atoms with van der Waals surface area (Å²) in [5.41, 5.74) is 2.21. The van der Waals surface area contributed by atoms with Crippen molar-refractivity contribution in [2.75, 3.05) is 13.1 Å². The molecule has 2 heterocycles. The van der Waals surface area contributed by atoms with Crippen LogP contribution in [0.3, 0.4) is 0 Å². The van der Waals surface area contributed by atoms with E-state index in [0.717, 1.165) is 25.2 Å². The number of benzene rings is 1. The van der Waals surface area contributed by atoms with Crippen molar-refractivity contribution in [3.05, 3.63) is 59.8 Å². The van der Waals surface area contributed by atoms with Gasteiger partial charge in [0.15, 0.2) is 0 Å². The first kappa shape index (κ1) is 13.1. The van der Waals surface area contributed by atoms with E-state index in [1.165, 1.54) is 5.56 Å². The van der Waals surface area contributed by atoms with Gasteiger partial charge in [-0.15, -0.1) is 0 Å². The van der Waals surface area contributed by atoms with Gasteiger partial charge in [0.2, 0.25) is 5.88 Å². The Morgan fingerprint density at radius 3 is 2.70 bits per heavy atom. The standard InChI is InChI=1S/C17H20N2O/c1-13-6-5-9-16(19-13)20-17(15-10-11-18-12-15)14-7-3-2-4-8-14/h2-9,15,17-18H,10-12H2,1H3/t15-,17-/m1/s1. The molecule has 0 radical (unpaired) electrons. The van der Waals surface area contributed by atoms with E-state index in [9.17, 15) is 0 Å². The fourth-order valence-electron chi connectivity index (χ4n) is 2.73. The van der Waals surface area contributed by atoms with Crippen LogP contribution in [-0.4, -0.2) is 18.1 Å². The van der Waals surface area contributed by atoms with Crippen LogP contribution < -0.4 is 10.1 Å². The van der Waals surface area contributed by atoms with Gasteiger partial charge in [0.05, 0.1) is 0 Å². The number of nitrogens with one attached hydrogen (secondary N) is 1. The molecule has 0 unspecified atom stereocenters. The molecule has 3 heteroatoms. The Kier molecular flexibility index (Phi) is 3.97. The Morgan fingerprint density at radius 2 is 2.00 bits per heavy atom. The molecule has 3 nitrogen and oxygen atoms in total. The number of aromatic nitrogens is 1. The van der Waals surface area contributed by atoms with E-state index in [4.69, 9.17) is 4.74 Å². The summed E-state index contributed by atoms with van der Waals surface area (Å²) in [6.45, 7) is 4.06. The van der Waals surface area contributed by atoms with E-state index in [0.29, 0.717) is 11.8 Å². The predicted octanol–water partition coefficient (Wildman–Crippen LogP) is 3.12. The molecule has 104 valence electrons. The zero-order chi connectivity index (χ0) is 13.8. The van der Waals surface area contributed by atoms with Crippen molar-refractivity contribution in [1.82, 2.24) is 10.3 Å². The second-order valence-corrected chi connectivity index (χ2v) is 5.32. The topological polar surface area (TPSA) is 34.1 Å². The first-order valence-corrected chi connectivity index (χ1v) is 7.19. The SMILES string of the molecule is Cc1cccc(O[C@H](c2ccccc2)[C@@H]2CCNC2)n1. The van der Waals surface area contributed by atoms with Gasteiger partial charge in [0, 0.05) is 24.2 Å². The van der Waals surface area contributed by atoms with E-state index in [1.54, 1.807) is 0 Å². The van der Waals surface area contributed by atoms with Crippen molar-refractivity contribution in [3.63, 3.8) is 0 Å². The van der Waals surface area contributed by atoms with Gasteiger partial charge in [-0.2, -0.15) is 0 Å². The van der Waals surface area contributed by atoms with E-state index >= 15 is 0 Å². The van der Waals surface area contributed by atoms with Gasteiger partial charge < -0.3 is 10.1 Å². The van der Waals surface area contributed by atoms with E-state index in [2.05, 4.69) is 34.6 Å². The minimum atomic E-state index is 0.0699. The monoisotopic (exact) mass is 268 g/mol. The molecule has 20 heavy (non-hydrogen) atoms.